The molecular formula is C14H20N2O3. The number of aromatic nitrogens is 1. The maximum Gasteiger partial charge on any atom is 0.318 e. The largest absolute Gasteiger partial charge is 0.393 e. The van der Waals surface area contributed by atoms with Crippen molar-refractivity contribution in [1.82, 2.24) is 4.98 Å². The lowest BCUT2D eigenvalue weighted by Gasteiger charge is -2.26. The van der Waals surface area contributed by atoms with Crippen molar-refractivity contribution in [2.75, 3.05) is 5.32 Å². The summed E-state index contributed by atoms with van der Waals surface area (Å²) in [6.07, 6.45) is 2.60. The molecule has 0 amide bonds. The number of nitrogens with one attached hydrogen (secondary N) is 1. The summed E-state index contributed by atoms with van der Waals surface area (Å²) < 4.78 is 4.53. The Hall–Kier alpha value is -1.91. The lowest BCUT2D eigenvalue weighted by molar-refractivity contribution is -0.157. The lowest BCUT2D eigenvalue weighted by Crippen LogP contribution is -2.31. The van der Waals surface area contributed by atoms with Gasteiger partial charge in [0.05, 0.1) is 6.42 Å². The van der Waals surface area contributed by atoms with Gasteiger partial charge in [-0.3, -0.25) is 9.59 Å². The zero-order valence-corrected chi connectivity index (χ0v) is 11.8. The highest BCUT2D eigenvalue weighted by Crippen LogP contribution is 2.20. The average Bonchev–Trinajstić information content (AvgIpc) is 2.30. The molecule has 0 radical (unpaired) electrons. The van der Waals surface area contributed by atoms with E-state index in [1.165, 1.54) is 6.92 Å². The van der Waals surface area contributed by atoms with Gasteiger partial charge in [-0.2, -0.15) is 0 Å². The Balaban J connectivity index is 2.84. The second-order valence-corrected chi connectivity index (χ2v) is 5.02. The van der Waals surface area contributed by atoms with E-state index in [2.05, 4.69) is 35.8 Å². The predicted molar refractivity (Wildman–Crippen MR) is 72.7 cm³/mol. The van der Waals surface area contributed by atoms with Gasteiger partial charge in [-0.05, 0) is 26.3 Å². The lowest BCUT2D eigenvalue weighted by atomic mass is 10.0. The number of anilines is 1. The minimum atomic E-state index is -0.600. The molecule has 0 atom stereocenters. The second-order valence-electron chi connectivity index (χ2n) is 5.02. The molecular weight excluding hydrogens is 244 g/mol. The third-order valence-corrected chi connectivity index (χ3v) is 2.82. The van der Waals surface area contributed by atoms with Crippen LogP contribution in [0.15, 0.2) is 18.3 Å². The summed E-state index contributed by atoms with van der Waals surface area (Å²) in [7, 11) is 0. The smallest absolute Gasteiger partial charge is 0.318 e. The average molecular weight is 264 g/mol. The molecule has 0 spiro atoms. The van der Waals surface area contributed by atoms with Crippen molar-refractivity contribution in [2.45, 2.75) is 46.1 Å². The number of nitrogens with zero attached hydrogens (tertiary/aromatic N) is 1. The molecule has 1 rings (SSSR count). The van der Waals surface area contributed by atoms with E-state index in [0.717, 1.165) is 12.0 Å². The molecule has 19 heavy (non-hydrogen) atoms. The monoisotopic (exact) mass is 264 g/mol. The maximum atomic E-state index is 11.5. The summed E-state index contributed by atoms with van der Waals surface area (Å²) in [5.41, 5.74) is 0.600. The van der Waals surface area contributed by atoms with E-state index < -0.39 is 11.9 Å². The molecule has 1 N–H and O–H groups in total. The molecule has 0 aliphatic rings. The first kappa shape index (κ1) is 15.1. The molecule has 1 aromatic rings. The van der Waals surface area contributed by atoms with Gasteiger partial charge < -0.3 is 10.1 Å². The Labute approximate surface area is 113 Å². The molecule has 0 saturated carbocycles. The van der Waals surface area contributed by atoms with Crippen LogP contribution in [-0.2, 0) is 20.7 Å². The number of hydrogen-bond donors (Lipinski definition) is 1. The summed E-state index contributed by atoms with van der Waals surface area (Å²) in [5.74, 6) is -0.523. The first-order chi connectivity index (χ1) is 8.84. The van der Waals surface area contributed by atoms with Crippen LogP contribution in [0, 0.1) is 0 Å². The third-order valence-electron chi connectivity index (χ3n) is 2.82. The quantitative estimate of drug-likeness (QED) is 0.653. The van der Waals surface area contributed by atoms with Crippen molar-refractivity contribution in [3.63, 3.8) is 0 Å². The number of pyridine rings is 1. The van der Waals surface area contributed by atoms with Crippen molar-refractivity contribution in [3.8, 4) is 0 Å². The van der Waals surface area contributed by atoms with Gasteiger partial charge in [0, 0.05) is 24.2 Å². The minimum Gasteiger partial charge on any atom is -0.393 e. The van der Waals surface area contributed by atoms with Crippen LogP contribution in [0.4, 0.5) is 5.82 Å². The van der Waals surface area contributed by atoms with Crippen LogP contribution < -0.4 is 5.32 Å². The summed E-state index contributed by atoms with van der Waals surface area (Å²) in [5, 5.41) is 3.29. The van der Waals surface area contributed by atoms with Gasteiger partial charge in [0.1, 0.15) is 5.82 Å². The van der Waals surface area contributed by atoms with Gasteiger partial charge >= 0.3 is 11.9 Å². The predicted octanol–water partition coefficient (Wildman–Crippen LogP) is 2.31. The second kappa shape index (κ2) is 6.31. The van der Waals surface area contributed by atoms with Crippen molar-refractivity contribution >= 4 is 17.8 Å². The summed E-state index contributed by atoms with van der Waals surface area (Å²) in [4.78, 5) is 26.5. The summed E-state index contributed by atoms with van der Waals surface area (Å²) in [6.45, 7) is 7.39. The van der Waals surface area contributed by atoms with E-state index >= 15 is 0 Å². The third kappa shape index (κ3) is 5.07. The fourth-order valence-electron chi connectivity index (χ4n) is 1.45. The van der Waals surface area contributed by atoms with Gasteiger partial charge in [-0.1, -0.05) is 13.0 Å². The van der Waals surface area contributed by atoms with Crippen LogP contribution in [0.2, 0.25) is 0 Å². The summed E-state index contributed by atoms with van der Waals surface area (Å²) in [6, 6.07) is 3.54. The number of esters is 2. The molecule has 0 bridgehead atoms. The zero-order chi connectivity index (χ0) is 14.5. The van der Waals surface area contributed by atoms with E-state index in [9.17, 15) is 9.59 Å². The molecule has 104 valence electrons. The number of carbonyl (C=O) groups is 2. The van der Waals surface area contributed by atoms with Crippen LogP contribution in [0.1, 0.15) is 39.7 Å². The standard InChI is InChI=1S/C14H20N2O3/c1-5-14(3,4)16-13-11(7-6-8-15-13)9-12(18)19-10(2)17/h6-8H,5,9H2,1-4H3,(H,15,16). The van der Waals surface area contributed by atoms with Gasteiger partial charge in [-0.15, -0.1) is 0 Å². The molecule has 1 heterocycles. The number of hydrogen-bond acceptors (Lipinski definition) is 5. The molecule has 5 heteroatoms. The van der Waals surface area contributed by atoms with Crippen LogP contribution in [0.3, 0.4) is 0 Å². The Morgan fingerprint density at radius 1 is 1.42 bits per heavy atom. The van der Waals surface area contributed by atoms with Crippen molar-refractivity contribution in [2.24, 2.45) is 0 Å². The molecule has 0 aliphatic heterocycles. The Kier molecular flexibility index (Phi) is 5.03. The number of carbonyl (C=O) groups excluding carboxylic acids is 2. The van der Waals surface area contributed by atoms with Crippen LogP contribution in [0.5, 0.6) is 0 Å². The van der Waals surface area contributed by atoms with Crippen molar-refractivity contribution in [1.29, 1.82) is 0 Å². The normalized spacial score (nSPS) is 10.9. The van der Waals surface area contributed by atoms with Gasteiger partial charge in [0.15, 0.2) is 0 Å². The fourth-order valence-corrected chi connectivity index (χ4v) is 1.45. The van der Waals surface area contributed by atoms with Crippen molar-refractivity contribution in [3.05, 3.63) is 23.9 Å². The maximum absolute atomic E-state index is 11.5. The minimum absolute atomic E-state index is 0.0234. The number of rotatable bonds is 5. The molecule has 0 aliphatic carbocycles. The van der Waals surface area contributed by atoms with Gasteiger partial charge in [0.25, 0.3) is 0 Å². The van der Waals surface area contributed by atoms with Crippen molar-refractivity contribution < 1.29 is 14.3 Å². The molecule has 0 saturated heterocycles. The molecule has 0 fully saturated rings. The van der Waals surface area contributed by atoms with Crippen LogP contribution >= 0.6 is 0 Å². The van der Waals surface area contributed by atoms with Crippen LogP contribution in [0.25, 0.3) is 0 Å². The van der Waals surface area contributed by atoms with E-state index in [-0.39, 0.29) is 12.0 Å². The molecule has 5 nitrogen and oxygen atoms in total. The molecule has 0 aromatic carbocycles. The highest BCUT2D eigenvalue weighted by molar-refractivity contribution is 5.86. The topological polar surface area (TPSA) is 68.3 Å². The molecule has 1 aromatic heterocycles. The fraction of sp³-hybridized carbons (Fsp3) is 0.500. The van der Waals surface area contributed by atoms with E-state index in [1.807, 2.05) is 0 Å². The SMILES string of the molecule is CCC(C)(C)Nc1ncccc1CC(=O)OC(C)=O. The molecule has 0 unspecified atom stereocenters. The highest BCUT2D eigenvalue weighted by Gasteiger charge is 2.18. The van der Waals surface area contributed by atoms with Crippen LogP contribution in [-0.4, -0.2) is 22.5 Å². The highest BCUT2D eigenvalue weighted by atomic mass is 16.6. The summed E-state index contributed by atoms with van der Waals surface area (Å²) >= 11 is 0. The number of ether oxygens (including phenoxy) is 1. The zero-order valence-electron chi connectivity index (χ0n) is 11.8. The van der Waals surface area contributed by atoms with E-state index in [0.29, 0.717) is 5.82 Å². The van der Waals surface area contributed by atoms with Gasteiger partial charge in [0.2, 0.25) is 0 Å². The van der Waals surface area contributed by atoms with Gasteiger partial charge in [-0.25, -0.2) is 4.98 Å². The van der Waals surface area contributed by atoms with E-state index in [4.69, 9.17) is 0 Å². The Morgan fingerprint density at radius 3 is 2.68 bits per heavy atom. The first-order valence-electron chi connectivity index (χ1n) is 6.27. The first-order valence-corrected chi connectivity index (χ1v) is 6.27. The van der Waals surface area contributed by atoms with E-state index in [1.54, 1.807) is 18.3 Å². The Morgan fingerprint density at radius 2 is 2.11 bits per heavy atom. The Bertz CT molecular complexity index is 470.